The normalized spacial score (nSPS) is 11.8. The standard InChI is InChI=1S/C17H14N4O5/c22-11-7-5-10(6-8-11)15(17(25)26)18-14(23)9-21-16(24)12-3-1-2-4-13(12)19-20-21/h1-8,15,22H,9H2,(H,18,23)(H,25,26)/p-1/t15-/m0/s1. The fourth-order valence-corrected chi connectivity index (χ4v) is 2.41. The largest absolute Gasteiger partial charge is 0.548 e. The number of carboxylic acid groups (broad SMARTS) is 1. The van der Waals surface area contributed by atoms with E-state index in [2.05, 4.69) is 15.6 Å². The first kappa shape index (κ1) is 17.1. The van der Waals surface area contributed by atoms with Crippen molar-refractivity contribution in [2.75, 3.05) is 0 Å². The van der Waals surface area contributed by atoms with Crippen LogP contribution in [-0.4, -0.2) is 32.0 Å². The maximum absolute atomic E-state index is 12.3. The molecule has 0 radical (unpaired) electrons. The molecule has 0 saturated heterocycles. The molecule has 26 heavy (non-hydrogen) atoms. The summed E-state index contributed by atoms with van der Waals surface area (Å²) in [5.41, 5.74) is 0.0966. The topological polar surface area (TPSA) is 137 Å². The van der Waals surface area contributed by atoms with Crippen LogP contribution >= 0.6 is 0 Å². The van der Waals surface area contributed by atoms with E-state index in [-0.39, 0.29) is 11.3 Å². The minimum absolute atomic E-state index is 0.0461. The zero-order valence-electron chi connectivity index (χ0n) is 13.3. The van der Waals surface area contributed by atoms with Crippen LogP contribution in [0.5, 0.6) is 5.75 Å². The molecule has 3 aromatic rings. The van der Waals surface area contributed by atoms with Crippen LogP contribution in [0.2, 0.25) is 0 Å². The lowest BCUT2D eigenvalue weighted by Crippen LogP contribution is -2.43. The molecule has 2 N–H and O–H groups in total. The molecule has 132 valence electrons. The summed E-state index contributed by atoms with van der Waals surface area (Å²) < 4.78 is 0.848. The summed E-state index contributed by atoms with van der Waals surface area (Å²) in [6.07, 6.45) is 0. The lowest BCUT2D eigenvalue weighted by Gasteiger charge is -2.20. The van der Waals surface area contributed by atoms with Gasteiger partial charge >= 0.3 is 0 Å². The second-order valence-corrected chi connectivity index (χ2v) is 5.48. The average Bonchev–Trinajstić information content (AvgIpc) is 2.63. The number of hydrogen-bond acceptors (Lipinski definition) is 7. The van der Waals surface area contributed by atoms with Crippen molar-refractivity contribution in [3.63, 3.8) is 0 Å². The molecule has 3 rings (SSSR count). The van der Waals surface area contributed by atoms with E-state index >= 15 is 0 Å². The fraction of sp³-hybridized carbons (Fsp3) is 0.118. The summed E-state index contributed by atoms with van der Waals surface area (Å²) in [6.45, 7) is -0.501. The molecule has 1 heterocycles. The summed E-state index contributed by atoms with van der Waals surface area (Å²) >= 11 is 0. The number of amides is 1. The number of aromatic hydroxyl groups is 1. The lowest BCUT2D eigenvalue weighted by atomic mass is 10.1. The maximum Gasteiger partial charge on any atom is 0.278 e. The monoisotopic (exact) mass is 353 g/mol. The first-order valence-electron chi connectivity index (χ1n) is 7.57. The van der Waals surface area contributed by atoms with Gasteiger partial charge in [-0.15, -0.1) is 5.10 Å². The highest BCUT2D eigenvalue weighted by molar-refractivity contribution is 5.84. The Bertz CT molecular complexity index is 1030. The number of benzene rings is 2. The van der Waals surface area contributed by atoms with Crippen LogP contribution in [0.3, 0.4) is 0 Å². The van der Waals surface area contributed by atoms with Gasteiger partial charge in [0.1, 0.15) is 17.8 Å². The van der Waals surface area contributed by atoms with Gasteiger partial charge in [-0.25, -0.2) is 4.68 Å². The zero-order chi connectivity index (χ0) is 18.7. The van der Waals surface area contributed by atoms with Gasteiger partial charge in [0.2, 0.25) is 5.91 Å². The van der Waals surface area contributed by atoms with Gasteiger partial charge in [-0.1, -0.05) is 29.5 Å². The van der Waals surface area contributed by atoms with Gasteiger partial charge in [-0.3, -0.25) is 9.59 Å². The summed E-state index contributed by atoms with van der Waals surface area (Å²) in [5.74, 6) is -2.32. The molecule has 0 aliphatic carbocycles. The Morgan fingerprint density at radius 3 is 2.54 bits per heavy atom. The van der Waals surface area contributed by atoms with Gasteiger partial charge in [-0.2, -0.15) is 0 Å². The third-order valence-corrected chi connectivity index (χ3v) is 3.69. The van der Waals surface area contributed by atoms with Crippen LogP contribution in [0.4, 0.5) is 0 Å². The molecule has 1 atom stereocenters. The number of nitrogens with zero attached hydrogens (tertiary/aromatic N) is 3. The molecule has 0 spiro atoms. The number of nitrogens with one attached hydrogen (secondary N) is 1. The lowest BCUT2D eigenvalue weighted by molar-refractivity contribution is -0.308. The maximum atomic E-state index is 12.3. The number of phenols is 1. The molecule has 0 saturated carbocycles. The van der Waals surface area contributed by atoms with Crippen molar-refractivity contribution in [3.8, 4) is 5.75 Å². The highest BCUT2D eigenvalue weighted by Gasteiger charge is 2.17. The van der Waals surface area contributed by atoms with Crippen molar-refractivity contribution >= 4 is 22.8 Å². The number of carboxylic acids is 1. The molecular weight excluding hydrogens is 340 g/mol. The molecule has 0 fully saturated rings. The molecule has 0 bridgehead atoms. The number of aromatic nitrogens is 3. The number of carbonyl (C=O) groups is 2. The van der Waals surface area contributed by atoms with E-state index < -0.39 is 30.0 Å². The third-order valence-electron chi connectivity index (χ3n) is 3.69. The molecule has 1 aromatic heterocycles. The van der Waals surface area contributed by atoms with Gasteiger partial charge in [0, 0.05) is 0 Å². The Balaban J connectivity index is 1.81. The Kier molecular flexibility index (Phi) is 4.61. The van der Waals surface area contributed by atoms with Crippen LogP contribution in [0.15, 0.2) is 53.3 Å². The highest BCUT2D eigenvalue weighted by atomic mass is 16.4. The minimum Gasteiger partial charge on any atom is -0.548 e. The number of phenolic OH excluding ortho intramolecular Hbond substituents is 1. The van der Waals surface area contributed by atoms with Gasteiger partial charge in [0.05, 0.1) is 17.4 Å². The molecule has 0 unspecified atom stereocenters. The van der Waals surface area contributed by atoms with E-state index in [9.17, 15) is 24.6 Å². The van der Waals surface area contributed by atoms with Gasteiger partial charge < -0.3 is 20.3 Å². The second-order valence-electron chi connectivity index (χ2n) is 5.48. The predicted molar refractivity (Wildman–Crippen MR) is 87.8 cm³/mol. The molecule has 0 aliphatic heterocycles. The van der Waals surface area contributed by atoms with Gasteiger partial charge in [0.15, 0.2) is 0 Å². The molecule has 1 amide bonds. The number of fused-ring (bicyclic) bond motifs is 1. The summed E-state index contributed by atoms with van der Waals surface area (Å²) in [5, 5.41) is 30.7. The number of aliphatic carboxylic acids is 1. The molecular formula is C17H13N4O5-. The second kappa shape index (κ2) is 7.01. The summed E-state index contributed by atoms with van der Waals surface area (Å²) in [4.78, 5) is 35.8. The zero-order valence-corrected chi connectivity index (χ0v) is 13.3. The van der Waals surface area contributed by atoms with E-state index in [1.807, 2.05) is 0 Å². The Morgan fingerprint density at radius 1 is 1.15 bits per heavy atom. The number of hydrogen-bond donors (Lipinski definition) is 2. The van der Waals surface area contributed by atoms with Crippen LogP contribution < -0.4 is 16.0 Å². The Labute approximate surface area is 146 Å². The number of rotatable bonds is 5. The van der Waals surface area contributed by atoms with Crippen LogP contribution in [-0.2, 0) is 16.1 Å². The van der Waals surface area contributed by atoms with Gasteiger partial charge in [-0.05, 0) is 29.8 Å². The smallest absolute Gasteiger partial charge is 0.278 e. The highest BCUT2D eigenvalue weighted by Crippen LogP contribution is 2.16. The molecule has 9 heteroatoms. The van der Waals surface area contributed by atoms with E-state index in [1.54, 1.807) is 24.3 Å². The summed E-state index contributed by atoms with van der Waals surface area (Å²) in [7, 11) is 0. The van der Waals surface area contributed by atoms with E-state index in [4.69, 9.17) is 0 Å². The quantitative estimate of drug-likeness (QED) is 0.606. The van der Waals surface area contributed by atoms with Crippen LogP contribution in [0, 0.1) is 0 Å². The Hall–Kier alpha value is -3.75. The van der Waals surface area contributed by atoms with Crippen molar-refractivity contribution in [3.05, 3.63) is 64.4 Å². The first-order chi connectivity index (χ1) is 12.5. The Morgan fingerprint density at radius 2 is 1.85 bits per heavy atom. The van der Waals surface area contributed by atoms with E-state index in [1.165, 1.54) is 24.3 Å². The van der Waals surface area contributed by atoms with Crippen molar-refractivity contribution < 1.29 is 19.8 Å². The SMILES string of the molecule is O=C(Cn1nnc2ccccc2c1=O)N[C@H](C(=O)[O-])c1ccc(O)cc1. The van der Waals surface area contributed by atoms with E-state index in [0.717, 1.165) is 4.68 Å². The first-order valence-corrected chi connectivity index (χ1v) is 7.57. The van der Waals surface area contributed by atoms with Crippen molar-refractivity contribution in [2.24, 2.45) is 0 Å². The van der Waals surface area contributed by atoms with Crippen molar-refractivity contribution in [1.29, 1.82) is 0 Å². The van der Waals surface area contributed by atoms with Crippen molar-refractivity contribution in [2.45, 2.75) is 12.6 Å². The fourth-order valence-electron chi connectivity index (χ4n) is 2.41. The molecule has 0 aliphatic rings. The molecule has 2 aromatic carbocycles. The predicted octanol–water partition coefficient (Wildman–Crippen LogP) is -0.896. The van der Waals surface area contributed by atoms with Crippen LogP contribution in [0.1, 0.15) is 11.6 Å². The van der Waals surface area contributed by atoms with Crippen LogP contribution in [0.25, 0.3) is 10.9 Å². The average molecular weight is 353 g/mol. The third kappa shape index (κ3) is 3.51. The van der Waals surface area contributed by atoms with Gasteiger partial charge in [0.25, 0.3) is 5.56 Å². The van der Waals surface area contributed by atoms with E-state index in [0.29, 0.717) is 10.9 Å². The van der Waals surface area contributed by atoms with Crippen molar-refractivity contribution in [1.82, 2.24) is 20.3 Å². The minimum atomic E-state index is -1.53. The number of carbonyl (C=O) groups excluding carboxylic acids is 2. The molecule has 9 nitrogen and oxygen atoms in total. The summed E-state index contributed by atoms with van der Waals surface area (Å²) in [6, 6.07) is 10.4.